The number of hydrogen-bond acceptors (Lipinski definition) is 3. The molecule has 5 rings (SSSR count). The average molecular weight is 360 g/mol. The van der Waals surface area contributed by atoms with Crippen LogP contribution in [0.5, 0.6) is 5.75 Å². The number of benzene rings is 2. The number of aromatic amines is 1. The average Bonchev–Trinajstić information content (AvgIpc) is 3.27. The van der Waals surface area contributed by atoms with E-state index in [0.717, 1.165) is 16.5 Å². The van der Waals surface area contributed by atoms with Gasteiger partial charge in [0.05, 0.1) is 24.9 Å². The first kappa shape index (κ1) is 16.1. The maximum Gasteiger partial charge on any atom is 0.227 e. The standard InChI is InChI=1S/C22H20N2O3/c25-19-12-22(27-20-8-4-2-6-17(19)20)9-10-24(14-22)21(26)11-15-13-23-18-7-3-1-5-16(15)18/h1-8,13,23H,9-12,14H2. The van der Waals surface area contributed by atoms with Crippen molar-refractivity contribution in [1.82, 2.24) is 9.88 Å². The summed E-state index contributed by atoms with van der Waals surface area (Å²) >= 11 is 0. The third kappa shape index (κ3) is 2.70. The van der Waals surface area contributed by atoms with Crippen molar-refractivity contribution in [1.29, 1.82) is 0 Å². The van der Waals surface area contributed by atoms with Gasteiger partial charge < -0.3 is 14.6 Å². The fraction of sp³-hybridized carbons (Fsp3) is 0.273. The van der Waals surface area contributed by atoms with Crippen molar-refractivity contribution < 1.29 is 14.3 Å². The summed E-state index contributed by atoms with van der Waals surface area (Å²) in [4.78, 5) is 30.5. The molecule has 0 saturated carbocycles. The molecule has 5 nitrogen and oxygen atoms in total. The second kappa shape index (κ2) is 5.98. The van der Waals surface area contributed by atoms with E-state index < -0.39 is 5.60 Å². The van der Waals surface area contributed by atoms with Crippen LogP contribution in [0.1, 0.15) is 28.8 Å². The lowest BCUT2D eigenvalue weighted by Gasteiger charge is -2.34. The molecule has 2 aliphatic heterocycles. The third-order valence-corrected chi connectivity index (χ3v) is 5.68. The highest BCUT2D eigenvalue weighted by molar-refractivity contribution is 6.00. The van der Waals surface area contributed by atoms with Crippen molar-refractivity contribution in [2.75, 3.05) is 13.1 Å². The van der Waals surface area contributed by atoms with E-state index in [1.807, 2.05) is 53.6 Å². The van der Waals surface area contributed by atoms with Crippen LogP contribution in [-0.2, 0) is 11.2 Å². The van der Waals surface area contributed by atoms with Gasteiger partial charge in [-0.3, -0.25) is 9.59 Å². The molecule has 1 fully saturated rings. The maximum absolute atomic E-state index is 12.9. The van der Waals surface area contributed by atoms with Crippen LogP contribution in [0.15, 0.2) is 54.7 Å². The van der Waals surface area contributed by atoms with Gasteiger partial charge in [0.25, 0.3) is 0 Å². The molecule has 136 valence electrons. The number of likely N-dealkylation sites (tertiary alicyclic amines) is 1. The molecule has 2 aromatic carbocycles. The second-order valence-electron chi connectivity index (χ2n) is 7.48. The Balaban J connectivity index is 1.34. The van der Waals surface area contributed by atoms with Crippen molar-refractivity contribution in [3.05, 3.63) is 65.9 Å². The monoisotopic (exact) mass is 360 g/mol. The van der Waals surface area contributed by atoms with E-state index in [1.54, 1.807) is 6.07 Å². The maximum atomic E-state index is 12.9. The SMILES string of the molecule is O=C1CC2(CCN(C(=O)Cc3c[nH]c4ccccc34)C2)Oc2ccccc21. The highest BCUT2D eigenvalue weighted by Crippen LogP contribution is 2.38. The number of carbonyl (C=O) groups is 2. The highest BCUT2D eigenvalue weighted by atomic mass is 16.5. The van der Waals surface area contributed by atoms with Crippen molar-refractivity contribution in [2.45, 2.75) is 24.9 Å². The number of nitrogens with zero attached hydrogens (tertiary/aromatic N) is 1. The Kier molecular flexibility index (Phi) is 3.57. The minimum atomic E-state index is -0.582. The quantitative estimate of drug-likeness (QED) is 0.762. The first-order chi connectivity index (χ1) is 13.1. The van der Waals surface area contributed by atoms with Crippen molar-refractivity contribution in [3.63, 3.8) is 0 Å². The van der Waals surface area contributed by atoms with Crippen LogP contribution in [0.25, 0.3) is 10.9 Å². The zero-order valence-electron chi connectivity index (χ0n) is 14.9. The van der Waals surface area contributed by atoms with E-state index in [-0.39, 0.29) is 11.7 Å². The topological polar surface area (TPSA) is 62.4 Å². The van der Waals surface area contributed by atoms with Crippen LogP contribution < -0.4 is 4.74 Å². The summed E-state index contributed by atoms with van der Waals surface area (Å²) in [6, 6.07) is 15.4. The predicted octanol–water partition coefficient (Wildman–Crippen LogP) is 3.35. The number of fused-ring (bicyclic) bond motifs is 2. The summed E-state index contributed by atoms with van der Waals surface area (Å²) in [6.07, 6.45) is 3.28. The Hall–Kier alpha value is -3.08. The molecule has 1 saturated heterocycles. The summed E-state index contributed by atoms with van der Waals surface area (Å²) in [6.45, 7) is 1.09. The van der Waals surface area contributed by atoms with E-state index >= 15 is 0 Å². The fourth-order valence-corrected chi connectivity index (χ4v) is 4.28. The first-order valence-corrected chi connectivity index (χ1v) is 9.28. The Morgan fingerprint density at radius 1 is 1.15 bits per heavy atom. The van der Waals surface area contributed by atoms with Crippen LogP contribution >= 0.6 is 0 Å². The molecule has 1 amide bonds. The molecule has 27 heavy (non-hydrogen) atoms. The fourth-order valence-electron chi connectivity index (χ4n) is 4.28. The summed E-state index contributed by atoms with van der Waals surface area (Å²) in [7, 11) is 0. The lowest BCUT2D eigenvalue weighted by Crippen LogP contribution is -2.45. The summed E-state index contributed by atoms with van der Waals surface area (Å²) < 4.78 is 6.22. The van der Waals surface area contributed by atoms with Gasteiger partial charge in [0, 0.05) is 30.1 Å². The lowest BCUT2D eigenvalue weighted by molar-refractivity contribution is -0.130. The minimum Gasteiger partial charge on any atom is -0.484 e. The first-order valence-electron chi connectivity index (χ1n) is 9.28. The molecule has 3 aromatic rings. The van der Waals surface area contributed by atoms with Gasteiger partial charge >= 0.3 is 0 Å². The molecule has 2 aliphatic rings. The van der Waals surface area contributed by atoms with Crippen LogP contribution in [0, 0.1) is 0 Å². The Labute approximate surface area is 156 Å². The molecule has 5 heteroatoms. The molecule has 0 radical (unpaired) electrons. The number of ether oxygens (including phenoxy) is 1. The van der Waals surface area contributed by atoms with Crippen LogP contribution in [0.3, 0.4) is 0 Å². The molecule has 1 spiro atoms. The van der Waals surface area contributed by atoms with Crippen molar-refractivity contribution in [2.24, 2.45) is 0 Å². The number of para-hydroxylation sites is 2. The van der Waals surface area contributed by atoms with E-state index in [4.69, 9.17) is 4.74 Å². The lowest BCUT2D eigenvalue weighted by atomic mass is 9.89. The smallest absolute Gasteiger partial charge is 0.227 e. The van der Waals surface area contributed by atoms with Gasteiger partial charge in [-0.15, -0.1) is 0 Å². The second-order valence-corrected chi connectivity index (χ2v) is 7.48. The summed E-state index contributed by atoms with van der Waals surface area (Å²) in [5.41, 5.74) is 2.10. The molecule has 1 N–H and O–H groups in total. The normalized spacial score (nSPS) is 21.5. The molecule has 1 atom stereocenters. The van der Waals surface area contributed by atoms with Crippen molar-refractivity contribution >= 4 is 22.6 Å². The predicted molar refractivity (Wildman–Crippen MR) is 102 cm³/mol. The number of amides is 1. The van der Waals surface area contributed by atoms with Gasteiger partial charge in [-0.05, 0) is 23.8 Å². The van der Waals surface area contributed by atoms with Gasteiger partial charge in [-0.1, -0.05) is 30.3 Å². The largest absolute Gasteiger partial charge is 0.484 e. The van der Waals surface area contributed by atoms with Crippen LogP contribution in [0.4, 0.5) is 0 Å². The number of rotatable bonds is 2. The van der Waals surface area contributed by atoms with E-state index in [2.05, 4.69) is 4.98 Å². The van der Waals surface area contributed by atoms with Gasteiger partial charge in [-0.25, -0.2) is 0 Å². The number of ketones is 1. The number of Topliss-reactive ketones (excluding diaryl/α,β-unsaturated/α-hetero) is 1. The minimum absolute atomic E-state index is 0.0755. The van der Waals surface area contributed by atoms with Gasteiger partial charge in [0.15, 0.2) is 5.78 Å². The molecule has 0 bridgehead atoms. The number of carbonyl (C=O) groups excluding carboxylic acids is 2. The number of H-pyrrole nitrogens is 1. The number of hydrogen-bond donors (Lipinski definition) is 1. The number of aromatic nitrogens is 1. The van der Waals surface area contributed by atoms with Crippen LogP contribution in [0.2, 0.25) is 0 Å². The molecular formula is C22H20N2O3. The zero-order valence-corrected chi connectivity index (χ0v) is 14.9. The molecule has 0 aliphatic carbocycles. The van der Waals surface area contributed by atoms with Gasteiger partial charge in [-0.2, -0.15) is 0 Å². The molecule has 1 unspecified atom stereocenters. The Morgan fingerprint density at radius 2 is 1.96 bits per heavy atom. The van der Waals surface area contributed by atoms with E-state index in [9.17, 15) is 9.59 Å². The molecule has 3 heterocycles. The Bertz CT molecular complexity index is 1050. The molecule has 1 aromatic heterocycles. The Morgan fingerprint density at radius 3 is 2.89 bits per heavy atom. The number of nitrogens with one attached hydrogen (secondary N) is 1. The van der Waals surface area contributed by atoms with Gasteiger partial charge in [0.2, 0.25) is 5.91 Å². The van der Waals surface area contributed by atoms with E-state index in [0.29, 0.717) is 43.7 Å². The summed E-state index contributed by atoms with van der Waals surface area (Å²) in [5.74, 6) is 0.814. The van der Waals surface area contributed by atoms with E-state index in [1.165, 1.54) is 0 Å². The molecular weight excluding hydrogens is 340 g/mol. The van der Waals surface area contributed by atoms with Crippen LogP contribution in [-0.4, -0.2) is 40.3 Å². The van der Waals surface area contributed by atoms with Gasteiger partial charge in [0.1, 0.15) is 11.4 Å². The zero-order chi connectivity index (χ0) is 18.4. The highest BCUT2D eigenvalue weighted by Gasteiger charge is 2.46. The van der Waals surface area contributed by atoms with Crippen molar-refractivity contribution in [3.8, 4) is 5.75 Å². The third-order valence-electron chi connectivity index (χ3n) is 5.68. The summed E-state index contributed by atoms with van der Waals surface area (Å²) in [5, 5.41) is 1.08.